The number of aryl methyl sites for hydroxylation is 1. The third-order valence-electron chi connectivity index (χ3n) is 2.05. The normalized spacial score (nSPS) is 12.6. The summed E-state index contributed by atoms with van der Waals surface area (Å²) in [4.78, 5) is 10.8. The van der Waals surface area contributed by atoms with Crippen LogP contribution in [-0.2, 0) is 4.79 Å². The maximum atomic E-state index is 12.6. The molecule has 0 radical (unpaired) electrons. The molecule has 0 aliphatic carbocycles. The van der Waals surface area contributed by atoms with Crippen LogP contribution in [0.2, 0.25) is 0 Å². The quantitative estimate of drug-likeness (QED) is 0.820. The van der Waals surface area contributed by atoms with Gasteiger partial charge in [0.2, 0.25) is 5.91 Å². The van der Waals surface area contributed by atoms with Crippen LogP contribution in [0.15, 0.2) is 24.3 Å². The van der Waals surface area contributed by atoms with E-state index in [4.69, 9.17) is 0 Å². The second kappa shape index (κ2) is 4.87. The number of rotatable bonds is 3. The lowest BCUT2D eigenvalue weighted by molar-refractivity contribution is -0.120. The molecule has 0 heterocycles. The summed E-state index contributed by atoms with van der Waals surface area (Å²) in [6.45, 7) is 3.10. The second-order valence-electron chi connectivity index (χ2n) is 3.42. The lowest BCUT2D eigenvalue weighted by Gasteiger charge is -2.17. The van der Waals surface area contributed by atoms with E-state index in [2.05, 4.69) is 5.32 Å². The highest BCUT2D eigenvalue weighted by atomic mass is 19.3. The van der Waals surface area contributed by atoms with Crippen molar-refractivity contribution in [3.63, 3.8) is 0 Å². The molecule has 2 nitrogen and oxygen atoms in total. The first-order valence-corrected chi connectivity index (χ1v) is 4.62. The minimum atomic E-state index is -2.60. The lowest BCUT2D eigenvalue weighted by Crippen LogP contribution is -2.31. The average molecular weight is 213 g/mol. The molecule has 4 heteroatoms. The largest absolute Gasteiger partial charge is 0.344 e. The van der Waals surface area contributed by atoms with Crippen LogP contribution in [0.5, 0.6) is 0 Å². The molecular weight excluding hydrogens is 200 g/mol. The van der Waals surface area contributed by atoms with Crippen LogP contribution in [-0.4, -0.2) is 12.3 Å². The molecule has 0 aromatic heterocycles. The average Bonchev–Trinajstić information content (AvgIpc) is 2.15. The highest BCUT2D eigenvalue weighted by Gasteiger charge is 2.22. The van der Waals surface area contributed by atoms with Gasteiger partial charge in [0.15, 0.2) is 0 Å². The summed E-state index contributed by atoms with van der Waals surface area (Å²) in [5, 5.41) is 2.23. The molecule has 1 unspecified atom stereocenters. The number of alkyl halides is 2. The Morgan fingerprint density at radius 2 is 1.80 bits per heavy atom. The number of halogens is 2. The van der Waals surface area contributed by atoms with Crippen LogP contribution >= 0.6 is 0 Å². The topological polar surface area (TPSA) is 29.1 Å². The molecule has 1 rings (SSSR count). The van der Waals surface area contributed by atoms with Crippen molar-refractivity contribution in [1.82, 2.24) is 5.32 Å². The second-order valence-corrected chi connectivity index (χ2v) is 3.42. The zero-order chi connectivity index (χ0) is 11.4. The van der Waals surface area contributed by atoms with Gasteiger partial charge in [-0.15, -0.1) is 0 Å². The fourth-order valence-corrected chi connectivity index (χ4v) is 1.28. The van der Waals surface area contributed by atoms with E-state index in [1.165, 1.54) is 6.92 Å². The fourth-order valence-electron chi connectivity index (χ4n) is 1.28. The Morgan fingerprint density at radius 1 is 1.27 bits per heavy atom. The molecule has 0 aliphatic rings. The van der Waals surface area contributed by atoms with Crippen LogP contribution < -0.4 is 5.32 Å². The Kier molecular flexibility index (Phi) is 3.77. The first kappa shape index (κ1) is 11.6. The molecule has 0 fully saturated rings. The summed E-state index contributed by atoms with van der Waals surface area (Å²) < 4.78 is 25.3. The number of hydrogen-bond acceptors (Lipinski definition) is 1. The molecule has 1 amide bonds. The van der Waals surface area contributed by atoms with E-state index in [9.17, 15) is 13.6 Å². The van der Waals surface area contributed by atoms with Crippen molar-refractivity contribution >= 4 is 5.91 Å². The summed E-state index contributed by atoms with van der Waals surface area (Å²) in [5.74, 6) is -0.458. The van der Waals surface area contributed by atoms with Crippen LogP contribution in [0.1, 0.15) is 24.1 Å². The molecule has 1 atom stereocenters. The predicted octanol–water partition coefficient (Wildman–Crippen LogP) is 2.44. The zero-order valence-electron chi connectivity index (χ0n) is 8.63. The third kappa shape index (κ3) is 3.31. The van der Waals surface area contributed by atoms with E-state index < -0.39 is 18.4 Å². The van der Waals surface area contributed by atoms with Crippen LogP contribution in [0.25, 0.3) is 0 Å². The smallest absolute Gasteiger partial charge is 0.262 e. The summed E-state index contributed by atoms with van der Waals surface area (Å²) in [6.07, 6.45) is -2.60. The maximum absolute atomic E-state index is 12.6. The van der Waals surface area contributed by atoms with E-state index in [0.29, 0.717) is 5.56 Å². The fraction of sp³-hybridized carbons (Fsp3) is 0.364. The molecule has 0 spiro atoms. The standard InChI is InChI=1S/C11H13F2NO/c1-7-3-5-9(6-4-7)10(11(12)13)14-8(2)15/h3-6,10-11H,1-2H3,(H,14,15). The Labute approximate surface area is 87.3 Å². The number of benzene rings is 1. The van der Waals surface area contributed by atoms with Gasteiger partial charge in [-0.05, 0) is 12.5 Å². The molecule has 1 aromatic carbocycles. The van der Waals surface area contributed by atoms with Crippen LogP contribution in [0, 0.1) is 6.92 Å². The van der Waals surface area contributed by atoms with Gasteiger partial charge >= 0.3 is 0 Å². The van der Waals surface area contributed by atoms with Crippen molar-refractivity contribution in [2.75, 3.05) is 0 Å². The van der Waals surface area contributed by atoms with Gasteiger partial charge in [-0.25, -0.2) is 8.78 Å². The molecule has 1 N–H and O–H groups in total. The summed E-state index contributed by atoms with van der Waals surface area (Å²) in [6, 6.07) is 5.46. The summed E-state index contributed by atoms with van der Waals surface area (Å²) >= 11 is 0. The van der Waals surface area contributed by atoms with E-state index >= 15 is 0 Å². The van der Waals surface area contributed by atoms with Gasteiger partial charge in [-0.1, -0.05) is 29.8 Å². The molecular formula is C11H13F2NO. The highest BCUT2D eigenvalue weighted by Crippen LogP contribution is 2.20. The van der Waals surface area contributed by atoms with Gasteiger partial charge in [0, 0.05) is 6.92 Å². The number of hydrogen-bond donors (Lipinski definition) is 1. The van der Waals surface area contributed by atoms with Gasteiger partial charge in [0.1, 0.15) is 6.04 Å². The lowest BCUT2D eigenvalue weighted by atomic mass is 10.1. The molecule has 0 bridgehead atoms. The third-order valence-corrected chi connectivity index (χ3v) is 2.05. The Morgan fingerprint density at radius 3 is 2.20 bits per heavy atom. The maximum Gasteiger partial charge on any atom is 0.262 e. The van der Waals surface area contributed by atoms with Gasteiger partial charge in [0.05, 0.1) is 0 Å². The monoisotopic (exact) mass is 213 g/mol. The summed E-state index contributed by atoms with van der Waals surface area (Å²) in [7, 11) is 0. The van der Waals surface area contributed by atoms with E-state index in [1.54, 1.807) is 24.3 Å². The number of amides is 1. The molecule has 0 saturated carbocycles. The van der Waals surface area contributed by atoms with E-state index in [1.807, 2.05) is 6.92 Å². The van der Waals surface area contributed by atoms with Gasteiger partial charge in [-0.2, -0.15) is 0 Å². The van der Waals surface area contributed by atoms with Crippen molar-refractivity contribution in [1.29, 1.82) is 0 Å². The Balaban J connectivity index is 2.88. The van der Waals surface area contributed by atoms with Crippen LogP contribution in [0.3, 0.4) is 0 Å². The predicted molar refractivity (Wildman–Crippen MR) is 53.7 cm³/mol. The minimum Gasteiger partial charge on any atom is -0.344 e. The van der Waals surface area contributed by atoms with Gasteiger partial charge in [-0.3, -0.25) is 4.79 Å². The number of carbonyl (C=O) groups excluding carboxylic acids is 1. The van der Waals surface area contributed by atoms with E-state index in [0.717, 1.165) is 5.56 Å². The van der Waals surface area contributed by atoms with Crippen molar-refractivity contribution in [3.05, 3.63) is 35.4 Å². The van der Waals surface area contributed by atoms with Gasteiger partial charge < -0.3 is 5.32 Å². The number of nitrogens with one attached hydrogen (secondary N) is 1. The molecule has 15 heavy (non-hydrogen) atoms. The number of carbonyl (C=O) groups is 1. The Hall–Kier alpha value is -1.45. The first-order valence-electron chi connectivity index (χ1n) is 4.62. The SMILES string of the molecule is CC(=O)NC(c1ccc(C)cc1)C(F)F. The molecule has 1 aromatic rings. The zero-order valence-corrected chi connectivity index (χ0v) is 8.63. The van der Waals surface area contributed by atoms with Crippen molar-refractivity contribution in [2.45, 2.75) is 26.3 Å². The van der Waals surface area contributed by atoms with Crippen molar-refractivity contribution in [3.8, 4) is 0 Å². The molecule has 82 valence electrons. The van der Waals surface area contributed by atoms with Crippen molar-refractivity contribution in [2.24, 2.45) is 0 Å². The minimum absolute atomic E-state index is 0.422. The van der Waals surface area contributed by atoms with E-state index in [-0.39, 0.29) is 0 Å². The highest BCUT2D eigenvalue weighted by molar-refractivity contribution is 5.73. The van der Waals surface area contributed by atoms with Gasteiger partial charge in [0.25, 0.3) is 6.43 Å². The summed E-state index contributed by atoms with van der Waals surface area (Å²) in [5.41, 5.74) is 1.42. The molecule has 0 saturated heterocycles. The first-order chi connectivity index (χ1) is 7.00. The van der Waals surface area contributed by atoms with Crippen molar-refractivity contribution < 1.29 is 13.6 Å². The van der Waals surface area contributed by atoms with Crippen LogP contribution in [0.4, 0.5) is 8.78 Å². The molecule has 0 aliphatic heterocycles. The Bertz CT molecular complexity index is 335.